The monoisotopic (exact) mass is 312 g/mol. The number of carbonyl (C=O) groups is 1. The number of piperidine rings is 1. The minimum atomic E-state index is 0.0322. The summed E-state index contributed by atoms with van der Waals surface area (Å²) in [4.78, 5) is 13.7. The summed E-state index contributed by atoms with van der Waals surface area (Å²) < 4.78 is 6.45. The molecule has 1 amide bonds. The summed E-state index contributed by atoms with van der Waals surface area (Å²) in [5, 5.41) is 0. The van der Waals surface area contributed by atoms with E-state index in [0.29, 0.717) is 5.75 Å². The van der Waals surface area contributed by atoms with E-state index < -0.39 is 0 Å². The number of nitrogens with two attached hydrogens (primary N) is 1. The van der Waals surface area contributed by atoms with Crippen molar-refractivity contribution < 1.29 is 9.53 Å². The summed E-state index contributed by atoms with van der Waals surface area (Å²) in [6.07, 6.45) is 1.76. The van der Waals surface area contributed by atoms with E-state index in [1.807, 2.05) is 29.2 Å². The van der Waals surface area contributed by atoms with E-state index in [1.165, 1.54) is 0 Å². The predicted octanol–water partition coefficient (Wildman–Crippen LogP) is 1.78. The molecule has 1 aromatic carbocycles. The number of nitrogens with zero attached hydrogens (tertiary/aromatic N) is 1. The van der Waals surface area contributed by atoms with Gasteiger partial charge in [-0.05, 0) is 37.1 Å². The van der Waals surface area contributed by atoms with Crippen LogP contribution >= 0.6 is 15.9 Å². The van der Waals surface area contributed by atoms with Gasteiger partial charge in [0, 0.05) is 23.6 Å². The Hall–Kier alpha value is -1.07. The molecule has 0 bridgehead atoms. The third-order valence-corrected chi connectivity index (χ3v) is 3.60. The quantitative estimate of drug-likeness (QED) is 0.925. The number of hydrogen-bond acceptors (Lipinski definition) is 3. The number of rotatable bonds is 3. The molecule has 2 rings (SSSR count). The number of hydrogen-bond donors (Lipinski definition) is 1. The van der Waals surface area contributed by atoms with Crippen molar-refractivity contribution in [2.75, 3.05) is 19.7 Å². The molecule has 4 nitrogen and oxygen atoms in total. The number of benzene rings is 1. The molecular formula is C13H17BrN2O2. The van der Waals surface area contributed by atoms with Crippen LogP contribution in [0.25, 0.3) is 0 Å². The first kappa shape index (κ1) is 13.4. The minimum absolute atomic E-state index is 0.0322. The van der Waals surface area contributed by atoms with E-state index in [1.54, 1.807) is 0 Å². The van der Waals surface area contributed by atoms with Crippen LogP contribution in [0.15, 0.2) is 28.7 Å². The normalized spacial score (nSPS) is 16.7. The molecule has 1 fully saturated rings. The third-order valence-electron chi connectivity index (χ3n) is 3.07. The van der Waals surface area contributed by atoms with E-state index in [2.05, 4.69) is 15.9 Å². The Morgan fingerprint density at radius 2 is 1.94 bits per heavy atom. The van der Waals surface area contributed by atoms with Crippen LogP contribution in [0.5, 0.6) is 5.75 Å². The fraction of sp³-hybridized carbons (Fsp3) is 0.462. The Labute approximate surface area is 115 Å². The fourth-order valence-corrected chi connectivity index (χ4v) is 2.18. The van der Waals surface area contributed by atoms with Crippen LogP contribution in [-0.2, 0) is 4.79 Å². The van der Waals surface area contributed by atoms with Crippen molar-refractivity contribution in [3.8, 4) is 5.75 Å². The van der Waals surface area contributed by atoms with Crippen LogP contribution in [0.3, 0.4) is 0 Å². The maximum Gasteiger partial charge on any atom is 0.260 e. The number of likely N-dealkylation sites (tertiary alicyclic amines) is 1. The van der Waals surface area contributed by atoms with Gasteiger partial charge in [-0.1, -0.05) is 15.9 Å². The zero-order valence-electron chi connectivity index (χ0n) is 10.1. The molecule has 98 valence electrons. The van der Waals surface area contributed by atoms with Crippen LogP contribution in [0.1, 0.15) is 12.8 Å². The molecule has 0 aliphatic carbocycles. The maximum absolute atomic E-state index is 11.9. The number of amides is 1. The van der Waals surface area contributed by atoms with Gasteiger partial charge in [-0.15, -0.1) is 0 Å². The van der Waals surface area contributed by atoms with Crippen molar-refractivity contribution in [3.63, 3.8) is 0 Å². The Morgan fingerprint density at radius 1 is 1.33 bits per heavy atom. The zero-order chi connectivity index (χ0) is 13.0. The highest BCUT2D eigenvalue weighted by atomic mass is 79.9. The standard InChI is InChI=1S/C13H17BrN2O2/c14-10-1-3-12(4-2-10)18-9-13(17)16-7-5-11(15)6-8-16/h1-4,11H,5-9,15H2. The van der Waals surface area contributed by atoms with Gasteiger partial charge in [0.15, 0.2) is 6.61 Å². The first-order valence-corrected chi connectivity index (χ1v) is 6.86. The van der Waals surface area contributed by atoms with Crippen molar-refractivity contribution >= 4 is 21.8 Å². The summed E-state index contributed by atoms with van der Waals surface area (Å²) in [5.74, 6) is 0.741. The second-order valence-electron chi connectivity index (χ2n) is 4.46. The number of halogens is 1. The highest BCUT2D eigenvalue weighted by Gasteiger charge is 2.20. The van der Waals surface area contributed by atoms with E-state index in [9.17, 15) is 4.79 Å². The molecule has 0 aromatic heterocycles. The molecule has 2 N–H and O–H groups in total. The molecule has 0 unspecified atom stereocenters. The first-order valence-electron chi connectivity index (χ1n) is 6.07. The molecule has 5 heteroatoms. The van der Waals surface area contributed by atoms with Gasteiger partial charge in [0.1, 0.15) is 5.75 Å². The molecule has 18 heavy (non-hydrogen) atoms. The molecule has 0 saturated carbocycles. The zero-order valence-corrected chi connectivity index (χ0v) is 11.7. The topological polar surface area (TPSA) is 55.6 Å². The van der Waals surface area contributed by atoms with Crippen molar-refractivity contribution in [2.45, 2.75) is 18.9 Å². The second-order valence-corrected chi connectivity index (χ2v) is 5.38. The van der Waals surface area contributed by atoms with Gasteiger partial charge in [-0.25, -0.2) is 0 Å². The van der Waals surface area contributed by atoms with Gasteiger partial charge in [-0.2, -0.15) is 0 Å². The van der Waals surface area contributed by atoms with Crippen molar-refractivity contribution in [1.82, 2.24) is 4.90 Å². The molecule has 1 heterocycles. The van der Waals surface area contributed by atoms with Gasteiger partial charge in [0.25, 0.3) is 5.91 Å². The predicted molar refractivity (Wildman–Crippen MR) is 73.4 cm³/mol. The summed E-state index contributed by atoms with van der Waals surface area (Å²) in [7, 11) is 0. The molecule has 0 atom stereocenters. The van der Waals surface area contributed by atoms with Crippen LogP contribution in [0, 0.1) is 0 Å². The Morgan fingerprint density at radius 3 is 2.56 bits per heavy atom. The molecular weight excluding hydrogens is 296 g/mol. The maximum atomic E-state index is 11.9. The number of carbonyl (C=O) groups excluding carboxylic acids is 1. The smallest absolute Gasteiger partial charge is 0.260 e. The first-order chi connectivity index (χ1) is 8.65. The Kier molecular flexibility index (Phi) is 4.60. The largest absolute Gasteiger partial charge is 0.484 e. The van der Waals surface area contributed by atoms with E-state index in [0.717, 1.165) is 30.4 Å². The van der Waals surface area contributed by atoms with E-state index in [-0.39, 0.29) is 18.6 Å². The molecule has 1 aliphatic rings. The number of ether oxygens (including phenoxy) is 1. The van der Waals surface area contributed by atoms with Gasteiger partial charge in [0.2, 0.25) is 0 Å². The van der Waals surface area contributed by atoms with Gasteiger partial charge in [0.05, 0.1) is 0 Å². The Bertz CT molecular complexity index is 400. The summed E-state index contributed by atoms with van der Waals surface area (Å²) in [6, 6.07) is 7.69. The average molecular weight is 313 g/mol. The van der Waals surface area contributed by atoms with E-state index in [4.69, 9.17) is 10.5 Å². The fourth-order valence-electron chi connectivity index (χ4n) is 1.92. The lowest BCUT2D eigenvalue weighted by atomic mass is 10.1. The lowest BCUT2D eigenvalue weighted by molar-refractivity contribution is -0.134. The third kappa shape index (κ3) is 3.71. The summed E-state index contributed by atoms with van der Waals surface area (Å²) in [5.41, 5.74) is 5.80. The van der Waals surface area contributed by atoms with Gasteiger partial charge >= 0.3 is 0 Å². The van der Waals surface area contributed by atoms with Crippen LogP contribution in [-0.4, -0.2) is 36.5 Å². The van der Waals surface area contributed by atoms with E-state index >= 15 is 0 Å². The molecule has 0 spiro atoms. The molecule has 1 saturated heterocycles. The molecule has 0 radical (unpaired) electrons. The molecule has 1 aromatic rings. The lowest BCUT2D eigenvalue weighted by Gasteiger charge is -2.30. The minimum Gasteiger partial charge on any atom is -0.484 e. The van der Waals surface area contributed by atoms with Crippen molar-refractivity contribution in [1.29, 1.82) is 0 Å². The van der Waals surface area contributed by atoms with Crippen molar-refractivity contribution in [3.05, 3.63) is 28.7 Å². The average Bonchev–Trinajstić information content (AvgIpc) is 2.38. The summed E-state index contributed by atoms with van der Waals surface area (Å²) >= 11 is 3.35. The Balaban J connectivity index is 1.79. The lowest BCUT2D eigenvalue weighted by Crippen LogP contribution is -2.44. The molecule has 1 aliphatic heterocycles. The van der Waals surface area contributed by atoms with Crippen molar-refractivity contribution in [2.24, 2.45) is 5.73 Å². The second kappa shape index (κ2) is 6.20. The van der Waals surface area contributed by atoms with Gasteiger partial charge in [-0.3, -0.25) is 4.79 Å². The summed E-state index contributed by atoms with van der Waals surface area (Å²) in [6.45, 7) is 1.57. The van der Waals surface area contributed by atoms with Gasteiger partial charge < -0.3 is 15.4 Å². The van der Waals surface area contributed by atoms with Crippen LogP contribution in [0.4, 0.5) is 0 Å². The highest BCUT2D eigenvalue weighted by molar-refractivity contribution is 9.10. The van der Waals surface area contributed by atoms with Crippen LogP contribution < -0.4 is 10.5 Å². The van der Waals surface area contributed by atoms with Crippen LogP contribution in [0.2, 0.25) is 0 Å². The SMILES string of the molecule is NC1CCN(C(=O)COc2ccc(Br)cc2)CC1. The highest BCUT2D eigenvalue weighted by Crippen LogP contribution is 2.16.